The Kier molecular flexibility index (Phi) is 6.11. The lowest BCUT2D eigenvalue weighted by atomic mass is 10.1. The van der Waals surface area contributed by atoms with Crippen molar-refractivity contribution in [1.82, 2.24) is 5.32 Å². The zero-order valence-corrected chi connectivity index (χ0v) is 13.5. The van der Waals surface area contributed by atoms with Gasteiger partial charge in [0.2, 0.25) is 0 Å². The smallest absolute Gasteiger partial charge is 0.387 e. The van der Waals surface area contributed by atoms with Crippen LogP contribution in [0.5, 0.6) is 0 Å². The summed E-state index contributed by atoms with van der Waals surface area (Å²) in [5.74, 6) is -4.43. The molecule has 3 N–H and O–H groups in total. The van der Waals surface area contributed by atoms with Crippen LogP contribution in [0.2, 0.25) is 0 Å². The maximum absolute atomic E-state index is 13.4. The van der Waals surface area contributed by atoms with Gasteiger partial charge >= 0.3 is 18.0 Å². The van der Waals surface area contributed by atoms with Crippen LogP contribution >= 0.6 is 0 Å². The average molecular weight is 388 g/mol. The van der Waals surface area contributed by atoms with Gasteiger partial charge in [0.25, 0.3) is 0 Å². The van der Waals surface area contributed by atoms with E-state index in [2.05, 4.69) is 5.32 Å². The van der Waals surface area contributed by atoms with E-state index < -0.39 is 53.5 Å². The zero-order valence-electron chi connectivity index (χ0n) is 13.5. The van der Waals surface area contributed by atoms with Gasteiger partial charge in [-0.1, -0.05) is 12.1 Å². The second-order valence-corrected chi connectivity index (χ2v) is 5.42. The Morgan fingerprint density at radius 2 is 1.63 bits per heavy atom. The molecule has 0 saturated carbocycles. The van der Waals surface area contributed by atoms with E-state index in [1.165, 1.54) is 0 Å². The standard InChI is InChI=1S/C17H13F5N2O3/c18-11-5-6-13(12(19)7-11)24-16(27)15(26)23-8-14(25)9-1-3-10(4-2-9)17(20,21)22/h1-7,14,25H,8H2,(H,23,26)(H,24,27)/t14-/m0/s1. The number of aliphatic hydroxyl groups excluding tert-OH is 1. The largest absolute Gasteiger partial charge is 0.416 e. The molecule has 1 atom stereocenters. The molecule has 2 aromatic rings. The SMILES string of the molecule is O=C(NC[C@H](O)c1ccc(C(F)(F)F)cc1)C(=O)Nc1ccc(F)cc1F. The first-order valence-corrected chi connectivity index (χ1v) is 7.47. The van der Waals surface area contributed by atoms with E-state index in [0.29, 0.717) is 6.07 Å². The number of carbonyl (C=O) groups excluding carboxylic acids is 2. The maximum Gasteiger partial charge on any atom is 0.416 e. The number of nitrogens with one attached hydrogen (secondary N) is 2. The molecule has 0 aliphatic carbocycles. The van der Waals surface area contributed by atoms with Gasteiger partial charge in [-0.2, -0.15) is 13.2 Å². The van der Waals surface area contributed by atoms with Crippen LogP contribution in [-0.4, -0.2) is 23.5 Å². The molecule has 0 radical (unpaired) electrons. The van der Waals surface area contributed by atoms with Crippen molar-refractivity contribution < 1.29 is 36.6 Å². The molecule has 5 nitrogen and oxygen atoms in total. The second-order valence-electron chi connectivity index (χ2n) is 5.42. The fourth-order valence-electron chi connectivity index (χ4n) is 2.05. The number of hydrogen-bond donors (Lipinski definition) is 3. The van der Waals surface area contributed by atoms with Crippen molar-refractivity contribution >= 4 is 17.5 Å². The van der Waals surface area contributed by atoms with Crippen LogP contribution < -0.4 is 10.6 Å². The summed E-state index contributed by atoms with van der Waals surface area (Å²) in [6.45, 7) is -0.469. The average Bonchev–Trinajstić information content (AvgIpc) is 2.61. The Bertz CT molecular complexity index is 837. The third kappa shape index (κ3) is 5.48. The monoisotopic (exact) mass is 388 g/mol. The van der Waals surface area contributed by atoms with Crippen molar-refractivity contribution in [2.24, 2.45) is 0 Å². The van der Waals surface area contributed by atoms with E-state index in [1.54, 1.807) is 0 Å². The van der Waals surface area contributed by atoms with E-state index >= 15 is 0 Å². The fourth-order valence-corrected chi connectivity index (χ4v) is 2.05. The lowest BCUT2D eigenvalue weighted by Crippen LogP contribution is -2.37. The summed E-state index contributed by atoms with van der Waals surface area (Å²) in [4.78, 5) is 23.3. The van der Waals surface area contributed by atoms with Crippen molar-refractivity contribution in [3.8, 4) is 0 Å². The molecule has 0 saturated heterocycles. The summed E-state index contributed by atoms with van der Waals surface area (Å²) >= 11 is 0. The summed E-state index contributed by atoms with van der Waals surface area (Å²) in [6, 6.07) is 5.93. The minimum absolute atomic E-state index is 0.0910. The summed E-state index contributed by atoms with van der Waals surface area (Å²) in [6.07, 6.45) is -5.89. The van der Waals surface area contributed by atoms with Gasteiger partial charge in [-0.25, -0.2) is 8.78 Å². The van der Waals surface area contributed by atoms with Gasteiger partial charge in [0.05, 0.1) is 17.4 Å². The Balaban J connectivity index is 1.91. The molecule has 2 aromatic carbocycles. The Morgan fingerprint density at radius 1 is 1.00 bits per heavy atom. The predicted molar refractivity (Wildman–Crippen MR) is 84.4 cm³/mol. The Hall–Kier alpha value is -3.01. The van der Waals surface area contributed by atoms with Crippen molar-refractivity contribution in [2.45, 2.75) is 12.3 Å². The molecule has 2 amide bonds. The number of anilines is 1. The summed E-state index contributed by atoms with van der Waals surface area (Å²) in [7, 11) is 0. The maximum atomic E-state index is 13.4. The van der Waals surface area contributed by atoms with Gasteiger partial charge in [0.1, 0.15) is 11.6 Å². The van der Waals surface area contributed by atoms with Gasteiger partial charge in [0.15, 0.2) is 0 Å². The fraction of sp³-hybridized carbons (Fsp3) is 0.176. The molecule has 10 heteroatoms. The molecular formula is C17H13F5N2O3. The molecular weight excluding hydrogens is 375 g/mol. The number of halogens is 5. The molecule has 0 bridgehead atoms. The Labute approximate surface area is 149 Å². The third-order valence-corrected chi connectivity index (χ3v) is 3.46. The molecule has 27 heavy (non-hydrogen) atoms. The molecule has 0 fully saturated rings. The number of carbonyl (C=O) groups is 2. The highest BCUT2D eigenvalue weighted by Crippen LogP contribution is 2.29. The highest BCUT2D eigenvalue weighted by Gasteiger charge is 2.30. The lowest BCUT2D eigenvalue weighted by molar-refractivity contribution is -0.137. The highest BCUT2D eigenvalue weighted by molar-refractivity contribution is 6.39. The number of amides is 2. The molecule has 0 spiro atoms. The van der Waals surface area contributed by atoms with E-state index in [0.717, 1.165) is 36.4 Å². The van der Waals surface area contributed by atoms with Crippen LogP contribution in [0.25, 0.3) is 0 Å². The van der Waals surface area contributed by atoms with Gasteiger partial charge in [0, 0.05) is 12.6 Å². The first kappa shape index (κ1) is 20.3. The van der Waals surface area contributed by atoms with Crippen LogP contribution in [0.4, 0.5) is 27.6 Å². The molecule has 0 aliphatic rings. The molecule has 2 rings (SSSR count). The predicted octanol–water partition coefficient (Wildman–Crippen LogP) is 2.77. The minimum atomic E-state index is -4.52. The van der Waals surface area contributed by atoms with Gasteiger partial charge in [-0.05, 0) is 29.8 Å². The van der Waals surface area contributed by atoms with Crippen molar-refractivity contribution in [3.63, 3.8) is 0 Å². The van der Waals surface area contributed by atoms with Crippen molar-refractivity contribution in [2.75, 3.05) is 11.9 Å². The van der Waals surface area contributed by atoms with Crippen LogP contribution in [0.1, 0.15) is 17.2 Å². The normalized spacial score (nSPS) is 12.4. The molecule has 0 aromatic heterocycles. The highest BCUT2D eigenvalue weighted by atomic mass is 19.4. The topological polar surface area (TPSA) is 78.4 Å². The van der Waals surface area contributed by atoms with E-state index in [4.69, 9.17) is 0 Å². The van der Waals surface area contributed by atoms with Gasteiger partial charge in [-0.15, -0.1) is 0 Å². The van der Waals surface area contributed by atoms with E-state index in [1.807, 2.05) is 5.32 Å². The lowest BCUT2D eigenvalue weighted by Gasteiger charge is -2.13. The first-order chi connectivity index (χ1) is 12.6. The number of alkyl halides is 3. The molecule has 0 aliphatic heterocycles. The van der Waals surface area contributed by atoms with E-state index in [9.17, 15) is 36.6 Å². The van der Waals surface area contributed by atoms with Gasteiger partial charge < -0.3 is 15.7 Å². The summed E-state index contributed by atoms with van der Waals surface area (Å²) in [5, 5.41) is 13.9. The van der Waals surface area contributed by atoms with Gasteiger partial charge in [-0.3, -0.25) is 9.59 Å². The summed E-state index contributed by atoms with van der Waals surface area (Å²) in [5.41, 5.74) is -1.23. The van der Waals surface area contributed by atoms with Crippen LogP contribution in [0.3, 0.4) is 0 Å². The molecule has 144 valence electrons. The summed E-state index contributed by atoms with van der Waals surface area (Å²) < 4.78 is 63.6. The van der Waals surface area contributed by atoms with Crippen LogP contribution in [0, 0.1) is 11.6 Å². The number of benzene rings is 2. The quantitative estimate of drug-likeness (QED) is 0.557. The first-order valence-electron chi connectivity index (χ1n) is 7.47. The van der Waals surface area contributed by atoms with E-state index in [-0.39, 0.29) is 5.56 Å². The molecule has 0 heterocycles. The number of rotatable bonds is 4. The number of aliphatic hydroxyl groups is 1. The minimum Gasteiger partial charge on any atom is -0.387 e. The van der Waals surface area contributed by atoms with Crippen LogP contribution in [0.15, 0.2) is 42.5 Å². The second kappa shape index (κ2) is 8.12. The zero-order chi connectivity index (χ0) is 20.2. The Morgan fingerprint density at radius 3 is 2.19 bits per heavy atom. The number of hydrogen-bond acceptors (Lipinski definition) is 3. The van der Waals surface area contributed by atoms with Crippen molar-refractivity contribution in [3.05, 3.63) is 65.2 Å². The van der Waals surface area contributed by atoms with Crippen molar-refractivity contribution in [1.29, 1.82) is 0 Å². The molecule has 0 unspecified atom stereocenters. The van der Waals surface area contributed by atoms with Crippen LogP contribution in [-0.2, 0) is 15.8 Å². The third-order valence-electron chi connectivity index (χ3n) is 3.46.